The van der Waals surface area contributed by atoms with Crippen molar-refractivity contribution in [3.8, 4) is 5.75 Å². The Labute approximate surface area is 110 Å². The van der Waals surface area contributed by atoms with Crippen LogP contribution < -0.4 is 4.74 Å². The smallest absolute Gasteiger partial charge is 0.119 e. The van der Waals surface area contributed by atoms with Gasteiger partial charge in [-0.1, -0.05) is 26.0 Å². The fourth-order valence-electron chi connectivity index (χ4n) is 2.99. The Morgan fingerprint density at radius 2 is 1.94 bits per heavy atom. The van der Waals surface area contributed by atoms with Gasteiger partial charge < -0.3 is 9.84 Å². The van der Waals surface area contributed by atoms with Gasteiger partial charge in [0.05, 0.1) is 12.7 Å². The van der Waals surface area contributed by atoms with Crippen LogP contribution in [-0.2, 0) is 5.60 Å². The van der Waals surface area contributed by atoms with Gasteiger partial charge in [-0.25, -0.2) is 0 Å². The van der Waals surface area contributed by atoms with Crippen LogP contribution >= 0.6 is 0 Å². The Morgan fingerprint density at radius 1 is 1.28 bits per heavy atom. The first-order chi connectivity index (χ1) is 8.55. The molecular weight excluding hydrogens is 224 g/mol. The summed E-state index contributed by atoms with van der Waals surface area (Å²) in [5.74, 6) is 2.31. The maximum atomic E-state index is 10.8. The van der Waals surface area contributed by atoms with Gasteiger partial charge in [-0.15, -0.1) is 0 Å². The number of ether oxygens (including phenoxy) is 1. The second-order valence-corrected chi connectivity index (χ2v) is 5.84. The lowest BCUT2D eigenvalue weighted by molar-refractivity contribution is -0.0201. The lowest BCUT2D eigenvalue weighted by atomic mass is 9.72. The Balaban J connectivity index is 2.12. The predicted octanol–water partition coefficient (Wildman–Crippen LogP) is 3.73. The third-order valence-corrected chi connectivity index (χ3v) is 4.41. The van der Waals surface area contributed by atoms with Crippen molar-refractivity contribution in [2.24, 2.45) is 11.8 Å². The third-order valence-electron chi connectivity index (χ3n) is 4.41. The normalized spacial score (nSPS) is 28.4. The van der Waals surface area contributed by atoms with E-state index in [4.69, 9.17) is 4.74 Å². The van der Waals surface area contributed by atoms with Crippen molar-refractivity contribution in [1.82, 2.24) is 0 Å². The molecule has 1 aromatic carbocycles. The Bertz CT molecular complexity index is 390. The van der Waals surface area contributed by atoms with Gasteiger partial charge in [-0.2, -0.15) is 0 Å². The van der Waals surface area contributed by atoms with Crippen molar-refractivity contribution in [2.75, 3.05) is 7.11 Å². The molecule has 0 aliphatic heterocycles. The van der Waals surface area contributed by atoms with E-state index in [1.807, 2.05) is 24.3 Å². The monoisotopic (exact) mass is 248 g/mol. The lowest BCUT2D eigenvalue weighted by Gasteiger charge is -2.38. The van der Waals surface area contributed by atoms with E-state index in [-0.39, 0.29) is 0 Å². The molecule has 0 bridgehead atoms. The first-order valence-electron chi connectivity index (χ1n) is 6.92. The number of methoxy groups -OCH3 is 1. The van der Waals surface area contributed by atoms with E-state index in [1.165, 1.54) is 0 Å². The van der Waals surface area contributed by atoms with Crippen LogP contribution in [0.2, 0.25) is 0 Å². The van der Waals surface area contributed by atoms with E-state index in [0.29, 0.717) is 0 Å². The van der Waals surface area contributed by atoms with Gasteiger partial charge in [0.25, 0.3) is 0 Å². The Hall–Kier alpha value is -1.02. The molecule has 0 atom stereocenters. The zero-order valence-electron chi connectivity index (χ0n) is 11.6. The number of hydrogen-bond acceptors (Lipinski definition) is 2. The molecule has 18 heavy (non-hydrogen) atoms. The molecule has 0 amide bonds. The molecule has 2 rings (SSSR count). The van der Waals surface area contributed by atoms with Crippen LogP contribution in [0.15, 0.2) is 24.3 Å². The van der Waals surface area contributed by atoms with E-state index < -0.39 is 5.60 Å². The lowest BCUT2D eigenvalue weighted by Crippen LogP contribution is -2.32. The fourth-order valence-corrected chi connectivity index (χ4v) is 2.99. The summed E-state index contributed by atoms with van der Waals surface area (Å²) in [4.78, 5) is 0. The third kappa shape index (κ3) is 2.69. The van der Waals surface area contributed by atoms with Crippen molar-refractivity contribution in [1.29, 1.82) is 0 Å². The van der Waals surface area contributed by atoms with Crippen molar-refractivity contribution in [2.45, 2.75) is 45.1 Å². The minimum Gasteiger partial charge on any atom is -0.497 e. The van der Waals surface area contributed by atoms with E-state index in [1.54, 1.807) is 7.11 Å². The molecule has 0 heterocycles. The van der Waals surface area contributed by atoms with E-state index in [2.05, 4.69) is 13.8 Å². The molecule has 1 aliphatic carbocycles. The number of aliphatic hydroxyl groups is 1. The van der Waals surface area contributed by atoms with Crippen LogP contribution in [0.25, 0.3) is 0 Å². The SMILES string of the molecule is COc1cccc(C2(O)CCC(C(C)C)CC2)c1. The maximum Gasteiger partial charge on any atom is 0.119 e. The topological polar surface area (TPSA) is 29.5 Å². The molecular formula is C16H24O2. The van der Waals surface area contributed by atoms with Crippen LogP contribution in [0, 0.1) is 11.8 Å². The second-order valence-electron chi connectivity index (χ2n) is 5.84. The molecule has 1 N–H and O–H groups in total. The van der Waals surface area contributed by atoms with Gasteiger partial charge in [-0.05, 0) is 55.2 Å². The van der Waals surface area contributed by atoms with E-state index >= 15 is 0 Å². The number of benzene rings is 1. The molecule has 0 saturated heterocycles. The molecule has 1 aromatic rings. The summed E-state index contributed by atoms with van der Waals surface area (Å²) >= 11 is 0. The molecule has 2 nitrogen and oxygen atoms in total. The molecule has 100 valence electrons. The van der Waals surface area contributed by atoms with Crippen molar-refractivity contribution in [3.05, 3.63) is 29.8 Å². The quantitative estimate of drug-likeness (QED) is 0.883. The van der Waals surface area contributed by atoms with Crippen molar-refractivity contribution < 1.29 is 9.84 Å². The van der Waals surface area contributed by atoms with Crippen LogP contribution in [0.1, 0.15) is 45.1 Å². The summed E-state index contributed by atoms with van der Waals surface area (Å²) in [6.07, 6.45) is 3.96. The highest BCUT2D eigenvalue weighted by molar-refractivity contribution is 5.32. The fraction of sp³-hybridized carbons (Fsp3) is 0.625. The zero-order valence-corrected chi connectivity index (χ0v) is 11.6. The maximum absolute atomic E-state index is 10.8. The van der Waals surface area contributed by atoms with Crippen molar-refractivity contribution >= 4 is 0 Å². The van der Waals surface area contributed by atoms with Gasteiger partial charge in [0, 0.05) is 0 Å². The average Bonchev–Trinajstić information content (AvgIpc) is 2.39. The Kier molecular flexibility index (Phi) is 3.96. The summed E-state index contributed by atoms with van der Waals surface area (Å²) in [6.45, 7) is 4.56. The van der Waals surface area contributed by atoms with Crippen LogP contribution in [0.4, 0.5) is 0 Å². The minimum absolute atomic E-state index is 0.653. The van der Waals surface area contributed by atoms with Gasteiger partial charge in [0.15, 0.2) is 0 Å². The van der Waals surface area contributed by atoms with E-state index in [9.17, 15) is 5.11 Å². The molecule has 1 aliphatic rings. The summed E-state index contributed by atoms with van der Waals surface area (Å²) in [6, 6.07) is 7.86. The van der Waals surface area contributed by atoms with Gasteiger partial charge in [-0.3, -0.25) is 0 Å². The highest BCUT2D eigenvalue weighted by atomic mass is 16.5. The molecule has 0 spiro atoms. The molecule has 0 unspecified atom stereocenters. The van der Waals surface area contributed by atoms with Gasteiger partial charge in [0.1, 0.15) is 5.75 Å². The average molecular weight is 248 g/mol. The van der Waals surface area contributed by atoms with Crippen LogP contribution in [0.5, 0.6) is 5.75 Å². The molecule has 2 heteroatoms. The standard InChI is InChI=1S/C16H24O2/c1-12(2)13-7-9-16(17,10-8-13)14-5-4-6-15(11-14)18-3/h4-6,11-13,17H,7-10H2,1-3H3. The van der Waals surface area contributed by atoms with E-state index in [0.717, 1.165) is 48.8 Å². The highest BCUT2D eigenvalue weighted by Gasteiger charge is 2.35. The van der Waals surface area contributed by atoms with Crippen LogP contribution in [-0.4, -0.2) is 12.2 Å². The minimum atomic E-state index is -0.653. The summed E-state index contributed by atoms with van der Waals surface area (Å²) in [5, 5.41) is 10.8. The molecule has 0 radical (unpaired) electrons. The highest BCUT2D eigenvalue weighted by Crippen LogP contribution is 2.42. The van der Waals surface area contributed by atoms with Crippen molar-refractivity contribution in [3.63, 3.8) is 0 Å². The van der Waals surface area contributed by atoms with Crippen LogP contribution in [0.3, 0.4) is 0 Å². The largest absolute Gasteiger partial charge is 0.497 e. The first kappa shape index (κ1) is 13.4. The second kappa shape index (κ2) is 5.31. The number of hydrogen-bond donors (Lipinski definition) is 1. The molecule has 1 fully saturated rings. The Morgan fingerprint density at radius 3 is 2.50 bits per heavy atom. The van der Waals surface area contributed by atoms with Gasteiger partial charge >= 0.3 is 0 Å². The number of rotatable bonds is 3. The zero-order chi connectivity index (χ0) is 13.2. The molecule has 1 saturated carbocycles. The summed E-state index contributed by atoms with van der Waals surface area (Å²) in [5.41, 5.74) is 0.351. The molecule has 0 aromatic heterocycles. The predicted molar refractivity (Wildman–Crippen MR) is 73.7 cm³/mol. The summed E-state index contributed by atoms with van der Waals surface area (Å²) < 4.78 is 5.24. The first-order valence-corrected chi connectivity index (χ1v) is 6.92. The summed E-state index contributed by atoms with van der Waals surface area (Å²) in [7, 11) is 1.67. The van der Waals surface area contributed by atoms with Gasteiger partial charge in [0.2, 0.25) is 0 Å².